The highest BCUT2D eigenvalue weighted by Gasteiger charge is 2.29. The monoisotopic (exact) mass is 587 g/mol. The van der Waals surface area contributed by atoms with Gasteiger partial charge >= 0.3 is 6.18 Å². The summed E-state index contributed by atoms with van der Waals surface area (Å²) in [6.45, 7) is 1.85. The van der Waals surface area contributed by atoms with Crippen LogP contribution in [0.15, 0.2) is 77.2 Å². The van der Waals surface area contributed by atoms with Crippen LogP contribution >= 0.6 is 0 Å². The van der Waals surface area contributed by atoms with Gasteiger partial charge in [-0.2, -0.15) is 13.2 Å². The number of hydrogen-bond donors (Lipinski definition) is 3. The third-order valence-corrected chi connectivity index (χ3v) is 6.89. The lowest BCUT2D eigenvalue weighted by Gasteiger charge is -2.20. The van der Waals surface area contributed by atoms with Gasteiger partial charge < -0.3 is 15.5 Å². The Kier molecular flexibility index (Phi) is 9.15. The van der Waals surface area contributed by atoms with Crippen LogP contribution in [0, 0.1) is 0 Å². The number of nitrogens with one attached hydrogen (secondary N) is 2. The van der Waals surface area contributed by atoms with E-state index >= 15 is 0 Å². The summed E-state index contributed by atoms with van der Waals surface area (Å²) in [5, 5.41) is 11.2. The molecule has 1 heterocycles. The van der Waals surface area contributed by atoms with Gasteiger partial charge in [-0.15, -0.1) is 10.2 Å². The van der Waals surface area contributed by atoms with Crippen LogP contribution in [0.1, 0.15) is 41.5 Å². The number of hydrogen-bond acceptors (Lipinski definition) is 7. The predicted molar refractivity (Wildman–Crippen MR) is 152 cm³/mol. The van der Waals surface area contributed by atoms with Crippen molar-refractivity contribution in [2.24, 2.45) is 5.73 Å². The normalized spacial score (nSPS) is 13.6. The molecule has 0 bridgehead atoms. The molecule has 1 unspecified atom stereocenters. The second kappa shape index (κ2) is 12.4. The molecule has 3 aromatic carbocycles. The fraction of sp³-hybridized carbons (Fsp3) is 0.310. The Balaban J connectivity index is 1.60. The molecule has 0 fully saturated rings. The van der Waals surface area contributed by atoms with E-state index in [1.54, 1.807) is 19.1 Å². The van der Waals surface area contributed by atoms with Crippen LogP contribution in [0.5, 0.6) is 0 Å². The highest BCUT2D eigenvalue weighted by Crippen LogP contribution is 2.30. The molecule has 8 nitrogen and oxygen atoms in total. The lowest BCUT2D eigenvalue weighted by molar-refractivity contribution is -0.133. The van der Waals surface area contributed by atoms with Crippen LogP contribution in [0.25, 0.3) is 11.5 Å². The minimum Gasteiger partial charge on any atom is -0.419 e. The van der Waals surface area contributed by atoms with Crippen LogP contribution in [0.3, 0.4) is 0 Å². The first kappa shape index (κ1) is 30.2. The van der Waals surface area contributed by atoms with Crippen molar-refractivity contribution in [3.8, 4) is 11.5 Å². The molecule has 0 saturated carbocycles. The zero-order chi connectivity index (χ0) is 29.7. The summed E-state index contributed by atoms with van der Waals surface area (Å²) in [4.78, 5) is 0. The van der Waals surface area contributed by atoms with Gasteiger partial charge in [0.2, 0.25) is 21.8 Å². The van der Waals surface area contributed by atoms with E-state index < -0.39 is 28.2 Å². The second-order valence-corrected chi connectivity index (χ2v) is 12.0. The van der Waals surface area contributed by atoms with E-state index in [1.165, 1.54) is 0 Å². The maximum Gasteiger partial charge on any atom is 0.390 e. The Bertz CT molecular complexity index is 1570. The van der Waals surface area contributed by atoms with E-state index in [2.05, 4.69) is 20.2 Å². The van der Waals surface area contributed by atoms with E-state index in [9.17, 15) is 21.6 Å². The summed E-state index contributed by atoms with van der Waals surface area (Å²) in [6.07, 6.45) is -3.25. The molecule has 0 aliphatic carbocycles. The van der Waals surface area contributed by atoms with Gasteiger partial charge in [-0.3, -0.25) is 4.72 Å². The van der Waals surface area contributed by atoms with E-state index in [0.717, 1.165) is 28.5 Å². The van der Waals surface area contributed by atoms with Gasteiger partial charge in [0.15, 0.2) is 0 Å². The highest BCUT2D eigenvalue weighted by molar-refractivity contribution is 7.92. The van der Waals surface area contributed by atoms with Crippen molar-refractivity contribution in [1.29, 1.82) is 0 Å². The van der Waals surface area contributed by atoms with E-state index in [4.69, 9.17) is 10.2 Å². The molecular formula is C29H32F3N5O3S. The Morgan fingerprint density at radius 2 is 1.61 bits per heavy atom. The summed E-state index contributed by atoms with van der Waals surface area (Å²) in [5.41, 5.74) is 9.83. The van der Waals surface area contributed by atoms with Gasteiger partial charge in [-0.05, 0) is 60.2 Å². The molecule has 12 heteroatoms. The summed E-state index contributed by atoms with van der Waals surface area (Å²) in [6, 6.07) is 22.1. The second-order valence-electron chi connectivity index (χ2n) is 10.3. The Morgan fingerprint density at radius 1 is 0.927 bits per heavy atom. The lowest BCUT2D eigenvalue weighted by atomic mass is 9.94. The largest absolute Gasteiger partial charge is 0.419 e. The molecule has 0 saturated heterocycles. The van der Waals surface area contributed by atoms with Gasteiger partial charge in [-0.25, -0.2) is 8.42 Å². The van der Waals surface area contributed by atoms with E-state index in [1.807, 2.05) is 60.7 Å². The first-order chi connectivity index (χ1) is 19.3. The quantitative estimate of drug-likeness (QED) is 0.196. The van der Waals surface area contributed by atoms with E-state index in [0.29, 0.717) is 24.1 Å². The first-order valence-corrected chi connectivity index (χ1v) is 14.8. The minimum atomic E-state index is -4.23. The van der Waals surface area contributed by atoms with Crippen molar-refractivity contribution < 1.29 is 26.0 Å². The van der Waals surface area contributed by atoms with Crippen molar-refractivity contribution in [1.82, 2.24) is 15.5 Å². The average Bonchev–Trinajstić information content (AvgIpc) is 3.38. The number of sulfonamides is 1. The molecular weight excluding hydrogens is 555 g/mol. The topological polar surface area (TPSA) is 123 Å². The number of alkyl halides is 3. The minimum absolute atomic E-state index is 0.172. The lowest BCUT2D eigenvalue weighted by Crippen LogP contribution is -2.35. The molecule has 0 aliphatic heterocycles. The van der Waals surface area contributed by atoms with Crippen LogP contribution < -0.4 is 15.8 Å². The van der Waals surface area contributed by atoms with Crippen LogP contribution in [0.2, 0.25) is 0 Å². The predicted octanol–water partition coefficient (Wildman–Crippen LogP) is 5.16. The number of nitrogens with two attached hydrogens (primary N) is 1. The van der Waals surface area contributed by atoms with Crippen molar-refractivity contribution in [3.05, 3.63) is 101 Å². The number of rotatable bonds is 12. The van der Waals surface area contributed by atoms with Crippen molar-refractivity contribution >= 4 is 15.7 Å². The van der Waals surface area contributed by atoms with Crippen LogP contribution in [-0.4, -0.2) is 37.6 Å². The number of nitrogens with zero attached hydrogens (tertiary/aromatic N) is 2. The highest BCUT2D eigenvalue weighted by atomic mass is 32.2. The first-order valence-electron chi connectivity index (χ1n) is 12.9. The number of anilines is 1. The molecule has 41 heavy (non-hydrogen) atoms. The number of benzene rings is 3. The molecule has 0 radical (unpaired) electrons. The summed E-state index contributed by atoms with van der Waals surface area (Å²) < 4.78 is 70.1. The van der Waals surface area contributed by atoms with Crippen molar-refractivity contribution in [2.75, 3.05) is 17.5 Å². The zero-order valence-electron chi connectivity index (χ0n) is 22.7. The molecule has 1 aromatic heterocycles. The Hall–Kier alpha value is -3.74. The average molecular weight is 588 g/mol. The maximum absolute atomic E-state index is 12.5. The molecule has 0 aliphatic rings. The standard InChI is InChI=1S/C29H32F3N5O3S/c1-28(33,18-20-8-4-3-5-9-20)27-36-35-26(40-27)24-15-21(16-25(17-24)37-41(2,38)39)14-22-10-6-7-11-23(22)19-34-13-12-29(30,31)32/h3-11,15-17,34,37H,12-14,18-19,33H2,1-2H3. The van der Waals surface area contributed by atoms with Crippen molar-refractivity contribution in [3.63, 3.8) is 0 Å². The summed E-state index contributed by atoms with van der Waals surface area (Å²) >= 11 is 0. The number of halogens is 3. The molecule has 0 spiro atoms. The SMILES string of the molecule is CC(N)(Cc1ccccc1)c1nnc(-c2cc(Cc3ccccc3CNCCC(F)(F)F)cc(NS(C)(=O)=O)c2)o1. The molecule has 4 N–H and O–H groups in total. The third-order valence-electron chi connectivity index (χ3n) is 6.28. The molecule has 1 atom stereocenters. The van der Waals surface area contributed by atoms with E-state index in [-0.39, 0.29) is 24.9 Å². The van der Waals surface area contributed by atoms with Gasteiger partial charge in [0.25, 0.3) is 0 Å². The van der Waals surface area contributed by atoms with Crippen LogP contribution in [0.4, 0.5) is 18.9 Å². The Morgan fingerprint density at radius 3 is 2.29 bits per heavy atom. The number of aromatic nitrogens is 2. The molecule has 218 valence electrons. The van der Waals surface area contributed by atoms with Gasteiger partial charge in [-0.1, -0.05) is 54.6 Å². The summed E-state index contributed by atoms with van der Waals surface area (Å²) in [5.74, 6) is 0.403. The van der Waals surface area contributed by atoms with Gasteiger partial charge in [0.1, 0.15) is 0 Å². The molecule has 4 rings (SSSR count). The van der Waals surface area contributed by atoms with Gasteiger partial charge in [0.05, 0.1) is 18.2 Å². The Labute approximate surface area is 237 Å². The maximum atomic E-state index is 12.5. The molecule has 4 aromatic rings. The fourth-order valence-electron chi connectivity index (χ4n) is 4.43. The smallest absolute Gasteiger partial charge is 0.390 e. The molecule has 0 amide bonds. The third kappa shape index (κ3) is 9.13. The zero-order valence-corrected chi connectivity index (χ0v) is 23.5. The summed E-state index contributed by atoms with van der Waals surface area (Å²) in [7, 11) is -3.59. The fourth-order valence-corrected chi connectivity index (χ4v) is 4.98. The van der Waals surface area contributed by atoms with Gasteiger partial charge in [0, 0.05) is 24.3 Å². The van der Waals surface area contributed by atoms with Crippen molar-refractivity contribution in [2.45, 2.75) is 44.4 Å². The van der Waals surface area contributed by atoms with Crippen LogP contribution in [-0.2, 0) is 34.9 Å².